The zero-order valence-electron chi connectivity index (χ0n) is 10.5. The second-order valence-corrected chi connectivity index (χ2v) is 7.39. The molecule has 3 N–H and O–H groups in total. The number of hydrogen-bond donors (Lipinski definition) is 2. The first kappa shape index (κ1) is 14.7. The van der Waals surface area contributed by atoms with Gasteiger partial charge in [0.1, 0.15) is 10.7 Å². The van der Waals surface area contributed by atoms with Crippen LogP contribution in [0.5, 0.6) is 0 Å². The van der Waals surface area contributed by atoms with E-state index in [0.29, 0.717) is 6.54 Å². The molecule has 1 saturated carbocycles. The van der Waals surface area contributed by atoms with Gasteiger partial charge in [0.15, 0.2) is 0 Å². The average molecular weight is 307 g/mol. The van der Waals surface area contributed by atoms with E-state index in [9.17, 15) is 12.8 Å². The van der Waals surface area contributed by atoms with Crippen molar-refractivity contribution in [1.29, 1.82) is 0 Å². The minimum Gasteiger partial charge on any atom is -0.326 e. The number of sulfonamides is 1. The zero-order chi connectivity index (χ0) is 14.3. The van der Waals surface area contributed by atoms with Gasteiger partial charge in [0.2, 0.25) is 10.0 Å². The highest BCUT2D eigenvalue weighted by molar-refractivity contribution is 7.89. The fourth-order valence-corrected chi connectivity index (χ4v) is 3.35. The molecule has 0 radical (unpaired) electrons. The summed E-state index contributed by atoms with van der Waals surface area (Å²) < 4.78 is 40.7. The molecule has 1 aromatic carbocycles. The molecule has 7 heteroatoms. The highest BCUT2D eigenvalue weighted by atomic mass is 35.5. The molecule has 0 heterocycles. The van der Waals surface area contributed by atoms with Gasteiger partial charge in [-0.3, -0.25) is 0 Å². The Morgan fingerprint density at radius 1 is 1.47 bits per heavy atom. The Morgan fingerprint density at radius 2 is 2.11 bits per heavy atom. The van der Waals surface area contributed by atoms with Crippen molar-refractivity contribution < 1.29 is 12.8 Å². The SMILES string of the molecule is CC1(CNS(=O)(=O)c2cc(Cl)cc(CN)c2F)CC1. The van der Waals surface area contributed by atoms with Gasteiger partial charge in [-0.1, -0.05) is 18.5 Å². The van der Waals surface area contributed by atoms with Crippen LogP contribution in [0.15, 0.2) is 17.0 Å². The van der Waals surface area contributed by atoms with Crippen molar-refractivity contribution in [2.45, 2.75) is 31.2 Å². The Kier molecular flexibility index (Phi) is 3.88. The van der Waals surface area contributed by atoms with Gasteiger partial charge in [-0.25, -0.2) is 17.5 Å². The molecule has 1 aromatic rings. The Labute approximate surface area is 117 Å². The fraction of sp³-hybridized carbons (Fsp3) is 0.500. The molecule has 106 valence electrons. The summed E-state index contributed by atoms with van der Waals surface area (Å²) in [4.78, 5) is -0.440. The molecule has 0 bridgehead atoms. The first-order valence-corrected chi connectivity index (χ1v) is 7.81. The standard InChI is InChI=1S/C12H16ClFN2O2S/c1-12(2-3-12)7-16-19(17,18)10-5-9(13)4-8(6-15)11(10)14/h4-5,16H,2-3,6-7,15H2,1H3. The molecular formula is C12H16ClFN2O2S. The second kappa shape index (κ2) is 5.01. The molecule has 1 aliphatic rings. The molecule has 4 nitrogen and oxygen atoms in total. The fourth-order valence-electron chi connectivity index (χ4n) is 1.70. The van der Waals surface area contributed by atoms with E-state index in [1.165, 1.54) is 6.07 Å². The molecule has 0 amide bonds. The van der Waals surface area contributed by atoms with Gasteiger partial charge in [0.25, 0.3) is 0 Å². The topological polar surface area (TPSA) is 72.2 Å². The third kappa shape index (κ3) is 3.25. The summed E-state index contributed by atoms with van der Waals surface area (Å²) in [5.41, 5.74) is 5.46. The lowest BCUT2D eigenvalue weighted by atomic mass is 10.2. The third-order valence-corrected chi connectivity index (χ3v) is 5.00. The molecule has 0 unspecified atom stereocenters. The van der Waals surface area contributed by atoms with E-state index in [2.05, 4.69) is 4.72 Å². The number of hydrogen-bond acceptors (Lipinski definition) is 3. The largest absolute Gasteiger partial charge is 0.326 e. The monoisotopic (exact) mass is 306 g/mol. The van der Waals surface area contributed by atoms with Crippen LogP contribution in [-0.4, -0.2) is 15.0 Å². The van der Waals surface area contributed by atoms with Crippen LogP contribution in [0.4, 0.5) is 4.39 Å². The van der Waals surface area contributed by atoms with Crippen molar-refractivity contribution >= 4 is 21.6 Å². The molecule has 0 aromatic heterocycles. The number of nitrogens with one attached hydrogen (secondary N) is 1. The van der Waals surface area contributed by atoms with Crippen LogP contribution in [0.25, 0.3) is 0 Å². The van der Waals surface area contributed by atoms with Crippen molar-refractivity contribution in [3.63, 3.8) is 0 Å². The van der Waals surface area contributed by atoms with Crippen LogP contribution < -0.4 is 10.5 Å². The van der Waals surface area contributed by atoms with Gasteiger partial charge in [-0.05, 0) is 30.4 Å². The number of halogens is 2. The molecule has 0 spiro atoms. The lowest BCUT2D eigenvalue weighted by molar-refractivity contribution is 0.520. The van der Waals surface area contributed by atoms with Gasteiger partial charge in [0.05, 0.1) is 0 Å². The van der Waals surface area contributed by atoms with Crippen molar-refractivity contribution in [2.75, 3.05) is 6.54 Å². The molecule has 1 aliphatic carbocycles. The summed E-state index contributed by atoms with van der Waals surface area (Å²) in [7, 11) is -3.90. The average Bonchev–Trinajstić information content (AvgIpc) is 3.08. The quantitative estimate of drug-likeness (QED) is 0.874. The third-order valence-electron chi connectivity index (χ3n) is 3.38. The van der Waals surface area contributed by atoms with Crippen LogP contribution in [0, 0.1) is 11.2 Å². The Balaban J connectivity index is 2.31. The Hall–Kier alpha value is -0.690. The van der Waals surface area contributed by atoms with Crippen molar-refractivity contribution in [2.24, 2.45) is 11.1 Å². The number of nitrogens with two attached hydrogens (primary N) is 1. The van der Waals surface area contributed by atoms with E-state index in [1.54, 1.807) is 0 Å². The summed E-state index contributed by atoms with van der Waals surface area (Å²) in [6, 6.07) is 2.44. The minimum absolute atomic E-state index is 0.00117. The van der Waals surface area contributed by atoms with Gasteiger partial charge in [-0.15, -0.1) is 0 Å². The first-order valence-electron chi connectivity index (χ1n) is 5.95. The minimum atomic E-state index is -3.90. The van der Waals surface area contributed by atoms with Gasteiger partial charge < -0.3 is 5.73 Å². The molecular weight excluding hydrogens is 291 g/mol. The summed E-state index contributed by atoms with van der Waals surface area (Å²) in [5.74, 6) is -0.833. The maximum atomic E-state index is 14.0. The lowest BCUT2D eigenvalue weighted by Crippen LogP contribution is -2.30. The summed E-state index contributed by atoms with van der Waals surface area (Å²) in [6.45, 7) is 2.18. The van der Waals surface area contributed by atoms with E-state index < -0.39 is 20.7 Å². The molecule has 0 atom stereocenters. The summed E-state index contributed by atoms with van der Waals surface area (Å²) >= 11 is 5.79. The second-order valence-electron chi connectivity index (χ2n) is 5.22. The molecule has 0 saturated heterocycles. The maximum Gasteiger partial charge on any atom is 0.243 e. The van der Waals surface area contributed by atoms with Gasteiger partial charge >= 0.3 is 0 Å². The smallest absolute Gasteiger partial charge is 0.243 e. The number of rotatable bonds is 5. The van der Waals surface area contributed by atoms with E-state index in [-0.39, 0.29) is 22.5 Å². The van der Waals surface area contributed by atoms with Crippen LogP contribution >= 0.6 is 11.6 Å². The predicted octanol–water partition coefficient (Wildman–Crippen LogP) is 2.02. The highest BCUT2D eigenvalue weighted by Crippen LogP contribution is 2.44. The Morgan fingerprint density at radius 3 is 2.63 bits per heavy atom. The van der Waals surface area contributed by atoms with Crippen LogP contribution in [-0.2, 0) is 16.6 Å². The van der Waals surface area contributed by atoms with Gasteiger partial charge in [0, 0.05) is 23.7 Å². The Bertz CT molecular complexity index is 600. The number of benzene rings is 1. The first-order chi connectivity index (χ1) is 8.77. The normalized spacial score (nSPS) is 17.5. The maximum absolute atomic E-state index is 14.0. The summed E-state index contributed by atoms with van der Waals surface area (Å²) in [5, 5.41) is 0.153. The van der Waals surface area contributed by atoms with Crippen molar-refractivity contribution in [1.82, 2.24) is 4.72 Å². The van der Waals surface area contributed by atoms with E-state index in [1.807, 2.05) is 6.92 Å². The van der Waals surface area contributed by atoms with Crippen LogP contribution in [0.2, 0.25) is 5.02 Å². The van der Waals surface area contributed by atoms with Crippen molar-refractivity contribution in [3.05, 3.63) is 28.5 Å². The zero-order valence-corrected chi connectivity index (χ0v) is 12.1. The highest BCUT2D eigenvalue weighted by Gasteiger charge is 2.38. The molecule has 1 fully saturated rings. The molecule has 19 heavy (non-hydrogen) atoms. The van der Waals surface area contributed by atoms with E-state index in [0.717, 1.165) is 18.9 Å². The lowest BCUT2D eigenvalue weighted by Gasteiger charge is -2.13. The molecule has 0 aliphatic heterocycles. The van der Waals surface area contributed by atoms with E-state index >= 15 is 0 Å². The van der Waals surface area contributed by atoms with Crippen LogP contribution in [0.3, 0.4) is 0 Å². The van der Waals surface area contributed by atoms with Crippen LogP contribution in [0.1, 0.15) is 25.3 Å². The van der Waals surface area contributed by atoms with E-state index in [4.69, 9.17) is 17.3 Å². The van der Waals surface area contributed by atoms with Gasteiger partial charge in [-0.2, -0.15) is 0 Å². The summed E-state index contributed by atoms with van der Waals surface area (Å²) in [6.07, 6.45) is 1.95. The predicted molar refractivity (Wildman–Crippen MR) is 71.8 cm³/mol. The molecule has 2 rings (SSSR count). The van der Waals surface area contributed by atoms with Crippen molar-refractivity contribution in [3.8, 4) is 0 Å².